The molecule has 0 unspecified atom stereocenters. The Bertz CT molecular complexity index is 396. The van der Waals surface area contributed by atoms with Crippen LogP contribution in [0.3, 0.4) is 0 Å². The second kappa shape index (κ2) is 5.33. The summed E-state index contributed by atoms with van der Waals surface area (Å²) in [4.78, 5) is 25.2. The van der Waals surface area contributed by atoms with Crippen molar-refractivity contribution in [2.45, 2.75) is 50.2 Å². The number of amides is 3. The maximum Gasteiger partial charge on any atom is 0.321 e. The van der Waals surface area contributed by atoms with Crippen LogP contribution in [0, 0.1) is 5.92 Å². The molecule has 0 atom stereocenters. The maximum atomic E-state index is 11.7. The van der Waals surface area contributed by atoms with Gasteiger partial charge in [-0.1, -0.05) is 12.8 Å². The van der Waals surface area contributed by atoms with Gasteiger partial charge in [-0.25, -0.2) is 4.79 Å². The third-order valence-corrected chi connectivity index (χ3v) is 4.64. The fourth-order valence-electron chi connectivity index (χ4n) is 3.38. The number of β-amino-alcohol motifs (C(OH)–C–C–N with tert-alkyl or cyclic N) is 1. The minimum absolute atomic E-state index is 0.188. The molecule has 1 saturated heterocycles. The van der Waals surface area contributed by atoms with Crippen molar-refractivity contribution in [2.75, 3.05) is 19.6 Å². The Labute approximate surface area is 118 Å². The van der Waals surface area contributed by atoms with Gasteiger partial charge in [0.1, 0.15) is 0 Å². The van der Waals surface area contributed by atoms with Gasteiger partial charge in [-0.3, -0.25) is 15.0 Å². The van der Waals surface area contributed by atoms with Crippen molar-refractivity contribution in [1.82, 2.24) is 15.5 Å². The molecule has 0 aromatic heterocycles. The molecule has 1 heterocycles. The van der Waals surface area contributed by atoms with Crippen molar-refractivity contribution in [3.05, 3.63) is 0 Å². The van der Waals surface area contributed by atoms with E-state index in [2.05, 4.69) is 10.6 Å². The first-order valence-corrected chi connectivity index (χ1v) is 7.60. The third-order valence-electron chi connectivity index (χ3n) is 4.64. The highest BCUT2D eigenvalue weighted by molar-refractivity contribution is 5.95. The van der Waals surface area contributed by atoms with E-state index in [0.717, 1.165) is 38.5 Å². The summed E-state index contributed by atoms with van der Waals surface area (Å²) in [5, 5.41) is 15.3. The van der Waals surface area contributed by atoms with Crippen LogP contribution in [0.2, 0.25) is 0 Å². The Balaban J connectivity index is 1.34. The van der Waals surface area contributed by atoms with E-state index in [1.165, 1.54) is 0 Å². The molecule has 3 aliphatic rings. The molecule has 3 fully saturated rings. The second-order valence-electron chi connectivity index (χ2n) is 6.53. The van der Waals surface area contributed by atoms with Crippen LogP contribution < -0.4 is 10.6 Å². The second-order valence-corrected chi connectivity index (χ2v) is 6.53. The first-order valence-electron chi connectivity index (χ1n) is 7.60. The summed E-state index contributed by atoms with van der Waals surface area (Å²) in [6, 6.07) is -0.174. The smallest absolute Gasteiger partial charge is 0.321 e. The Morgan fingerprint density at radius 1 is 1.15 bits per heavy atom. The van der Waals surface area contributed by atoms with Crippen LogP contribution in [-0.4, -0.2) is 53.2 Å². The molecule has 2 aliphatic carbocycles. The number of imide groups is 1. The lowest BCUT2D eigenvalue weighted by molar-refractivity contribution is -0.135. The van der Waals surface area contributed by atoms with E-state index in [1.54, 1.807) is 0 Å². The number of carbonyl (C=O) groups excluding carboxylic acids is 2. The summed E-state index contributed by atoms with van der Waals surface area (Å²) in [7, 11) is 0. The summed E-state index contributed by atoms with van der Waals surface area (Å²) >= 11 is 0. The third kappa shape index (κ3) is 3.12. The molecule has 0 aromatic carbocycles. The van der Waals surface area contributed by atoms with Gasteiger partial charge in [-0.05, 0) is 31.6 Å². The summed E-state index contributed by atoms with van der Waals surface area (Å²) in [6.45, 7) is 1.29. The Morgan fingerprint density at radius 3 is 2.40 bits per heavy atom. The first kappa shape index (κ1) is 13.8. The van der Waals surface area contributed by atoms with Crippen LogP contribution in [0.1, 0.15) is 38.5 Å². The average Bonchev–Trinajstić information content (AvgIpc) is 3.07. The van der Waals surface area contributed by atoms with E-state index in [9.17, 15) is 14.7 Å². The van der Waals surface area contributed by atoms with Crippen molar-refractivity contribution < 1.29 is 14.7 Å². The molecule has 0 spiro atoms. The van der Waals surface area contributed by atoms with Gasteiger partial charge in [0.05, 0.1) is 12.1 Å². The molecule has 3 amide bonds. The van der Waals surface area contributed by atoms with E-state index < -0.39 is 5.60 Å². The van der Waals surface area contributed by atoms with E-state index >= 15 is 0 Å². The van der Waals surface area contributed by atoms with Crippen molar-refractivity contribution in [2.24, 2.45) is 5.92 Å². The standard InChI is InChI=1S/C14H23N3O3/c18-12(16-13(19)15-11-3-1-2-4-11)7-17-8-14(20,9-17)10-5-6-10/h10-11,20H,1-9H2,(H2,15,16,18,19). The van der Waals surface area contributed by atoms with Gasteiger partial charge >= 0.3 is 6.03 Å². The van der Waals surface area contributed by atoms with Crippen LogP contribution >= 0.6 is 0 Å². The van der Waals surface area contributed by atoms with E-state index in [1.807, 2.05) is 4.90 Å². The normalized spacial score (nSPS) is 26.1. The summed E-state index contributed by atoms with van der Waals surface area (Å²) < 4.78 is 0. The Morgan fingerprint density at radius 2 is 1.80 bits per heavy atom. The highest BCUT2D eigenvalue weighted by atomic mass is 16.3. The predicted octanol–water partition coefficient (Wildman–Crippen LogP) is 0.212. The molecule has 2 saturated carbocycles. The zero-order valence-corrected chi connectivity index (χ0v) is 11.7. The lowest BCUT2D eigenvalue weighted by Crippen LogP contribution is -2.64. The van der Waals surface area contributed by atoms with Crippen LogP contribution in [0.5, 0.6) is 0 Å². The Kier molecular flexibility index (Phi) is 3.69. The molecule has 1 aliphatic heterocycles. The van der Waals surface area contributed by atoms with Crippen LogP contribution in [0.25, 0.3) is 0 Å². The minimum Gasteiger partial charge on any atom is -0.387 e. The minimum atomic E-state index is -0.577. The average molecular weight is 281 g/mol. The quantitative estimate of drug-likeness (QED) is 0.688. The van der Waals surface area contributed by atoms with Crippen LogP contribution in [0.4, 0.5) is 4.79 Å². The molecule has 3 N–H and O–H groups in total. The van der Waals surface area contributed by atoms with Crippen molar-refractivity contribution in [3.63, 3.8) is 0 Å². The van der Waals surface area contributed by atoms with E-state index in [0.29, 0.717) is 19.0 Å². The number of urea groups is 1. The van der Waals surface area contributed by atoms with Gasteiger partial charge in [0, 0.05) is 19.1 Å². The molecule has 0 aromatic rings. The monoisotopic (exact) mass is 281 g/mol. The molecule has 6 heteroatoms. The number of hydrogen-bond donors (Lipinski definition) is 3. The molecule has 3 rings (SSSR count). The van der Waals surface area contributed by atoms with Gasteiger partial charge in [-0.15, -0.1) is 0 Å². The first-order chi connectivity index (χ1) is 9.55. The summed E-state index contributed by atoms with van der Waals surface area (Å²) in [6.07, 6.45) is 6.49. The zero-order valence-electron chi connectivity index (χ0n) is 11.7. The number of aliphatic hydroxyl groups is 1. The Hall–Kier alpha value is -1.14. The van der Waals surface area contributed by atoms with E-state index in [-0.39, 0.29) is 24.5 Å². The van der Waals surface area contributed by atoms with E-state index in [4.69, 9.17) is 0 Å². The molecule has 6 nitrogen and oxygen atoms in total. The van der Waals surface area contributed by atoms with Crippen molar-refractivity contribution >= 4 is 11.9 Å². The number of hydrogen-bond acceptors (Lipinski definition) is 4. The number of likely N-dealkylation sites (tertiary alicyclic amines) is 1. The summed E-state index contributed by atoms with van der Waals surface area (Å²) in [5.41, 5.74) is -0.577. The zero-order chi connectivity index (χ0) is 14.2. The number of nitrogens with one attached hydrogen (secondary N) is 2. The number of nitrogens with zero attached hydrogens (tertiary/aromatic N) is 1. The van der Waals surface area contributed by atoms with Crippen molar-refractivity contribution in [3.8, 4) is 0 Å². The summed E-state index contributed by atoms with van der Waals surface area (Å²) in [5.74, 6) is 0.130. The maximum absolute atomic E-state index is 11.7. The highest BCUT2D eigenvalue weighted by Gasteiger charge is 2.51. The molecule has 0 radical (unpaired) electrons. The van der Waals surface area contributed by atoms with Crippen LogP contribution in [-0.2, 0) is 4.79 Å². The molecule has 20 heavy (non-hydrogen) atoms. The van der Waals surface area contributed by atoms with Gasteiger partial charge in [0.25, 0.3) is 0 Å². The van der Waals surface area contributed by atoms with Crippen LogP contribution in [0.15, 0.2) is 0 Å². The lowest BCUT2D eigenvalue weighted by atomic mass is 9.89. The fraction of sp³-hybridized carbons (Fsp3) is 0.857. The molecular formula is C14H23N3O3. The number of rotatable bonds is 4. The molecular weight excluding hydrogens is 258 g/mol. The molecule has 0 bridgehead atoms. The predicted molar refractivity (Wildman–Crippen MR) is 73.0 cm³/mol. The number of carbonyl (C=O) groups is 2. The molecule has 112 valence electrons. The van der Waals surface area contributed by atoms with Gasteiger partial charge < -0.3 is 10.4 Å². The van der Waals surface area contributed by atoms with Crippen molar-refractivity contribution in [1.29, 1.82) is 0 Å². The van der Waals surface area contributed by atoms with Gasteiger partial charge in [0.2, 0.25) is 5.91 Å². The SMILES string of the molecule is O=C(CN1CC(O)(C2CC2)C1)NC(=O)NC1CCCC1. The highest BCUT2D eigenvalue weighted by Crippen LogP contribution is 2.44. The van der Waals surface area contributed by atoms with Gasteiger partial charge in [-0.2, -0.15) is 0 Å². The van der Waals surface area contributed by atoms with Gasteiger partial charge in [0.15, 0.2) is 0 Å². The topological polar surface area (TPSA) is 81.7 Å². The largest absolute Gasteiger partial charge is 0.387 e. The lowest BCUT2D eigenvalue weighted by Gasteiger charge is -2.46. The fourth-order valence-corrected chi connectivity index (χ4v) is 3.38.